The topological polar surface area (TPSA) is 0 Å². The fourth-order valence-electron chi connectivity index (χ4n) is 3.73. The predicted octanol–water partition coefficient (Wildman–Crippen LogP) is 5.70. The Labute approximate surface area is 159 Å². The van der Waals surface area contributed by atoms with E-state index in [0.717, 1.165) is 0 Å². The van der Waals surface area contributed by atoms with Gasteiger partial charge in [-0.05, 0) is 0 Å². The number of hydrogen-bond donors (Lipinski definition) is 0. The van der Waals surface area contributed by atoms with E-state index in [9.17, 15) is 0 Å². The van der Waals surface area contributed by atoms with E-state index in [-0.39, 0.29) is 0 Å². The molecule has 0 heterocycles. The fourth-order valence-corrected chi connectivity index (χ4v) is 20.4. The van der Waals surface area contributed by atoms with E-state index in [1.165, 1.54) is 15.9 Å². The van der Waals surface area contributed by atoms with Crippen molar-refractivity contribution in [2.24, 2.45) is 0 Å². The first-order chi connectivity index (χ1) is 11.4. The average Bonchev–Trinajstić information content (AvgIpc) is 2.62. The maximum absolute atomic E-state index is 2.90. The Hall–Kier alpha value is -0.963. The van der Waals surface area contributed by atoms with Crippen molar-refractivity contribution in [3.8, 4) is 0 Å². The summed E-state index contributed by atoms with van der Waals surface area (Å²) >= 11 is 2.90. The van der Waals surface area contributed by atoms with Gasteiger partial charge in [0.1, 0.15) is 0 Å². The number of rotatable bonds is 4. The van der Waals surface area contributed by atoms with Crippen molar-refractivity contribution in [3.63, 3.8) is 0 Å². The number of benzene rings is 3. The molecule has 0 radical (unpaired) electrons. The van der Waals surface area contributed by atoms with E-state index in [0.29, 0.717) is 0 Å². The molecule has 0 N–H and O–H groups in total. The molecule has 0 aliphatic heterocycles. The molecular formula is C21H24IPSi. The van der Waals surface area contributed by atoms with Crippen LogP contribution in [0.3, 0.4) is 0 Å². The van der Waals surface area contributed by atoms with Crippen molar-refractivity contribution in [2.45, 2.75) is 19.6 Å². The van der Waals surface area contributed by atoms with Gasteiger partial charge in [0, 0.05) is 0 Å². The van der Waals surface area contributed by atoms with Gasteiger partial charge in [-0.15, -0.1) is 0 Å². The van der Waals surface area contributed by atoms with Gasteiger partial charge in [0.2, 0.25) is 0 Å². The van der Waals surface area contributed by atoms with Crippen molar-refractivity contribution in [1.82, 2.24) is 0 Å². The van der Waals surface area contributed by atoms with Gasteiger partial charge in [-0.25, -0.2) is 0 Å². The van der Waals surface area contributed by atoms with Gasteiger partial charge in [0.25, 0.3) is 0 Å². The van der Waals surface area contributed by atoms with Crippen LogP contribution in [0.4, 0.5) is 0 Å². The van der Waals surface area contributed by atoms with Gasteiger partial charge in [0.15, 0.2) is 0 Å². The zero-order valence-corrected chi connectivity index (χ0v) is 18.5. The van der Waals surface area contributed by atoms with E-state index in [1.807, 2.05) is 0 Å². The van der Waals surface area contributed by atoms with E-state index in [1.54, 1.807) is 0 Å². The fraction of sp³-hybridized carbons (Fsp3) is 0.143. The monoisotopic (exact) mass is 462 g/mol. The van der Waals surface area contributed by atoms with Crippen LogP contribution in [0.15, 0.2) is 91.0 Å². The third kappa shape index (κ3) is 2.42. The summed E-state index contributed by atoms with van der Waals surface area (Å²) < 4.78 is -2.53. The van der Waals surface area contributed by atoms with Crippen molar-refractivity contribution in [3.05, 3.63) is 91.0 Å². The molecule has 0 aliphatic carbocycles. The minimum absolute atomic E-state index is 1.50. The third-order valence-electron chi connectivity index (χ3n) is 4.98. The summed E-state index contributed by atoms with van der Waals surface area (Å²) in [6.07, 6.45) is 0. The zero-order chi connectivity index (χ0) is 17.3. The summed E-state index contributed by atoms with van der Waals surface area (Å²) in [7, 11) is -1.67. The Morgan fingerprint density at radius 3 is 1.00 bits per heavy atom. The van der Waals surface area contributed by atoms with Crippen LogP contribution in [0.5, 0.6) is 0 Å². The molecule has 3 aromatic rings. The molecule has 3 rings (SSSR count). The van der Waals surface area contributed by atoms with Crippen molar-refractivity contribution in [2.75, 3.05) is 0 Å². The van der Waals surface area contributed by atoms with E-state index in [2.05, 4.69) is 133 Å². The second kappa shape index (κ2) is 6.40. The van der Waals surface area contributed by atoms with Crippen molar-refractivity contribution < 1.29 is 0 Å². The minimum atomic E-state index is -2.53. The second-order valence-corrected chi connectivity index (χ2v) is 30.3. The van der Waals surface area contributed by atoms with E-state index in [4.69, 9.17) is 0 Å². The molecule has 0 unspecified atom stereocenters. The van der Waals surface area contributed by atoms with Crippen LogP contribution in [0.2, 0.25) is 19.6 Å². The van der Waals surface area contributed by atoms with Crippen LogP contribution in [0, 0.1) is 0 Å². The van der Waals surface area contributed by atoms with Crippen LogP contribution < -0.4 is 15.9 Å². The molecule has 0 atom stereocenters. The first-order valence-electron chi connectivity index (χ1n) is 8.30. The van der Waals surface area contributed by atoms with Crippen LogP contribution in [-0.2, 0) is 0 Å². The Kier molecular flexibility index (Phi) is 4.76. The van der Waals surface area contributed by atoms with Crippen molar-refractivity contribution in [1.29, 1.82) is 0 Å². The Bertz CT molecular complexity index is 711. The Balaban J connectivity index is 2.53. The zero-order valence-electron chi connectivity index (χ0n) is 14.5. The van der Waals surface area contributed by atoms with E-state index >= 15 is 0 Å². The molecule has 0 spiro atoms. The summed E-state index contributed by atoms with van der Waals surface area (Å²) in [6.45, 7) is 7.60. The van der Waals surface area contributed by atoms with Crippen LogP contribution in [-0.4, -0.2) is 7.74 Å². The molecule has 0 bridgehead atoms. The molecule has 0 aliphatic rings. The summed E-state index contributed by atoms with van der Waals surface area (Å²) in [5, 5.41) is 4.50. The van der Waals surface area contributed by atoms with Gasteiger partial charge < -0.3 is 0 Å². The Morgan fingerprint density at radius 2 is 0.792 bits per heavy atom. The molecule has 3 aromatic carbocycles. The quantitative estimate of drug-likeness (QED) is 0.265. The molecule has 0 saturated carbocycles. The van der Waals surface area contributed by atoms with Crippen molar-refractivity contribution >= 4 is 49.5 Å². The summed E-state index contributed by atoms with van der Waals surface area (Å²) in [6, 6.07) is 33.7. The Morgan fingerprint density at radius 1 is 0.542 bits per heavy atom. The average molecular weight is 462 g/mol. The number of halogens is 1. The molecule has 3 heteroatoms. The molecule has 124 valence electrons. The molecule has 24 heavy (non-hydrogen) atoms. The maximum atomic E-state index is 2.90. The predicted molar refractivity (Wildman–Crippen MR) is 123 cm³/mol. The van der Waals surface area contributed by atoms with E-state index < -0.39 is 11.5 Å². The normalized spacial score (nSPS) is 13.9. The van der Waals surface area contributed by atoms with Gasteiger partial charge in [-0.3, -0.25) is 0 Å². The summed E-state index contributed by atoms with van der Waals surface area (Å²) in [5.74, 6) is 0. The van der Waals surface area contributed by atoms with Gasteiger partial charge in [0.05, 0.1) is 0 Å². The van der Waals surface area contributed by atoms with Gasteiger partial charge >= 0.3 is 160 Å². The van der Waals surface area contributed by atoms with Crippen LogP contribution in [0.25, 0.3) is 0 Å². The van der Waals surface area contributed by atoms with Gasteiger partial charge in [-0.1, -0.05) is 0 Å². The molecule has 0 fully saturated rings. The third-order valence-corrected chi connectivity index (χ3v) is 39.2. The molecular weight excluding hydrogens is 438 g/mol. The molecule has 0 saturated heterocycles. The summed E-state index contributed by atoms with van der Waals surface area (Å²) in [4.78, 5) is 0. The molecule has 0 aromatic heterocycles. The summed E-state index contributed by atoms with van der Waals surface area (Å²) in [5.41, 5.74) is 0. The van der Waals surface area contributed by atoms with Crippen LogP contribution in [0.1, 0.15) is 0 Å². The molecule has 0 amide bonds. The second-order valence-electron chi connectivity index (χ2n) is 7.19. The van der Waals surface area contributed by atoms with Gasteiger partial charge in [-0.2, -0.15) is 0 Å². The van der Waals surface area contributed by atoms with Crippen LogP contribution >= 0.6 is 25.8 Å². The SMILES string of the molecule is C[Si](C)(C)P(I)(c1ccccc1)(c1ccccc1)c1ccccc1. The standard InChI is InChI=1S/C21H24IPSi/c1-24(2,3)23(22,19-13-7-4-8-14-19,20-15-9-5-10-16-20)21-17-11-6-12-18-21/h4-18H,1-3H3. The number of hydrogen-bond acceptors (Lipinski definition) is 0. The first kappa shape index (κ1) is 17.8. The molecule has 0 nitrogen and oxygen atoms in total. The first-order valence-corrected chi connectivity index (χ1v) is 17.7.